The fourth-order valence-corrected chi connectivity index (χ4v) is 4.96. The minimum absolute atomic E-state index is 0.0695. The third kappa shape index (κ3) is 4.44. The Morgan fingerprint density at radius 1 is 1.03 bits per heavy atom. The van der Waals surface area contributed by atoms with E-state index in [1.165, 1.54) is 22.7 Å². The first-order valence-corrected chi connectivity index (χ1v) is 11.9. The van der Waals surface area contributed by atoms with Crippen LogP contribution in [0, 0.1) is 0 Å². The number of nitrogens with two attached hydrogens (primary N) is 1. The maximum absolute atomic E-state index is 13.2. The first-order valence-electron chi connectivity index (χ1n) is 11.9. The number of hydrogen-bond donors (Lipinski definition) is 2. The van der Waals surface area contributed by atoms with Gasteiger partial charge in [0.15, 0.2) is 5.78 Å². The Morgan fingerprint density at radius 3 is 2.43 bits per heavy atom. The van der Waals surface area contributed by atoms with E-state index < -0.39 is 11.2 Å². The maximum atomic E-state index is 13.2. The smallest absolute Gasteiger partial charge is 0.332 e. The van der Waals surface area contributed by atoms with Gasteiger partial charge in [-0.05, 0) is 49.0 Å². The van der Waals surface area contributed by atoms with Gasteiger partial charge in [0.1, 0.15) is 11.4 Å². The van der Waals surface area contributed by atoms with Gasteiger partial charge in [-0.3, -0.25) is 23.6 Å². The Hall–Kier alpha value is -3.91. The maximum Gasteiger partial charge on any atom is 0.332 e. The molecule has 1 aliphatic heterocycles. The summed E-state index contributed by atoms with van der Waals surface area (Å²) in [5.74, 6) is -0.0200. The van der Waals surface area contributed by atoms with Gasteiger partial charge < -0.3 is 10.7 Å². The van der Waals surface area contributed by atoms with E-state index in [4.69, 9.17) is 5.73 Å². The minimum atomic E-state index is -0.644. The second-order valence-electron chi connectivity index (χ2n) is 9.26. The number of ketones is 1. The number of piperidine rings is 1. The summed E-state index contributed by atoms with van der Waals surface area (Å²) in [6.45, 7) is 1.78. The number of para-hydroxylation sites is 1. The lowest BCUT2D eigenvalue weighted by Gasteiger charge is -2.31. The van der Waals surface area contributed by atoms with Gasteiger partial charge in [0.05, 0.1) is 13.1 Å². The summed E-state index contributed by atoms with van der Waals surface area (Å²) in [6, 6.07) is 19.8. The van der Waals surface area contributed by atoms with Gasteiger partial charge in [-0.15, -0.1) is 0 Å². The molecule has 0 atom stereocenters. The van der Waals surface area contributed by atoms with E-state index in [0.717, 1.165) is 41.6 Å². The first-order chi connectivity index (χ1) is 16.9. The molecule has 35 heavy (non-hydrogen) atoms. The summed E-state index contributed by atoms with van der Waals surface area (Å²) < 4.78 is 2.26. The molecule has 4 aromatic rings. The van der Waals surface area contributed by atoms with E-state index in [9.17, 15) is 14.4 Å². The van der Waals surface area contributed by atoms with Crippen LogP contribution in [0.15, 0.2) is 70.3 Å². The van der Waals surface area contributed by atoms with E-state index in [1.807, 2.05) is 42.5 Å². The Labute approximate surface area is 202 Å². The van der Waals surface area contributed by atoms with Crippen LogP contribution in [0.5, 0.6) is 0 Å². The minimum Gasteiger partial charge on any atom is -0.384 e. The second kappa shape index (κ2) is 9.38. The van der Waals surface area contributed by atoms with Gasteiger partial charge in [-0.1, -0.05) is 48.5 Å². The number of H-pyrrole nitrogens is 1. The van der Waals surface area contributed by atoms with Gasteiger partial charge in [-0.2, -0.15) is 0 Å². The number of aromatic nitrogens is 3. The predicted molar refractivity (Wildman–Crippen MR) is 137 cm³/mol. The molecule has 3 N–H and O–H groups in total. The molecule has 180 valence electrons. The summed E-state index contributed by atoms with van der Waals surface area (Å²) in [7, 11) is 1.38. The molecule has 0 radical (unpaired) electrons. The summed E-state index contributed by atoms with van der Waals surface area (Å²) >= 11 is 0. The average molecular weight is 472 g/mol. The number of benzene rings is 2. The van der Waals surface area contributed by atoms with Gasteiger partial charge in [0.2, 0.25) is 0 Å². The molecule has 1 saturated heterocycles. The van der Waals surface area contributed by atoms with Crippen LogP contribution in [-0.2, 0) is 13.6 Å². The normalized spacial score (nSPS) is 15.0. The molecule has 0 bridgehead atoms. The van der Waals surface area contributed by atoms with Crippen LogP contribution in [0.1, 0.15) is 40.4 Å². The van der Waals surface area contributed by atoms with Crippen molar-refractivity contribution in [3.8, 4) is 0 Å². The number of likely N-dealkylation sites (tertiary alicyclic amines) is 1. The van der Waals surface area contributed by atoms with E-state index in [1.54, 1.807) is 0 Å². The third-order valence-corrected chi connectivity index (χ3v) is 6.99. The number of nitrogen functional groups attached to an aromatic ring is 1. The van der Waals surface area contributed by atoms with Crippen molar-refractivity contribution in [3.63, 3.8) is 0 Å². The summed E-state index contributed by atoms with van der Waals surface area (Å²) in [6.07, 6.45) is 1.84. The van der Waals surface area contributed by atoms with Crippen LogP contribution < -0.4 is 17.0 Å². The number of nitrogens with zero attached hydrogens (tertiary/aromatic N) is 3. The summed E-state index contributed by atoms with van der Waals surface area (Å²) in [5, 5.41) is 1.21. The third-order valence-electron chi connectivity index (χ3n) is 6.99. The number of fused-ring (bicyclic) bond motifs is 1. The number of rotatable bonds is 6. The second-order valence-corrected chi connectivity index (χ2v) is 9.26. The first kappa shape index (κ1) is 22.9. The number of nitrogens with one attached hydrogen (secondary N) is 1. The van der Waals surface area contributed by atoms with Crippen LogP contribution >= 0.6 is 0 Å². The fourth-order valence-electron chi connectivity index (χ4n) is 4.96. The molecule has 0 amide bonds. The molecule has 3 heterocycles. The van der Waals surface area contributed by atoms with Gasteiger partial charge >= 0.3 is 5.69 Å². The van der Waals surface area contributed by atoms with Gasteiger partial charge in [-0.25, -0.2) is 4.79 Å². The highest BCUT2D eigenvalue weighted by atomic mass is 16.2. The molecule has 0 aliphatic carbocycles. The van der Waals surface area contributed by atoms with Crippen LogP contribution in [0.2, 0.25) is 0 Å². The van der Waals surface area contributed by atoms with E-state index >= 15 is 0 Å². The SMILES string of the molecule is Cn1c(=O)c(C(=O)CN2CCC(c3cc4ccccc4[nH]3)CC2)c(N)n(Cc2ccccc2)c1=O. The number of carbonyl (C=O) groups is 1. The van der Waals surface area contributed by atoms with Crippen molar-refractivity contribution < 1.29 is 4.79 Å². The summed E-state index contributed by atoms with van der Waals surface area (Å²) in [4.78, 5) is 44.4. The van der Waals surface area contributed by atoms with Crippen molar-refractivity contribution in [1.29, 1.82) is 0 Å². The highest BCUT2D eigenvalue weighted by Crippen LogP contribution is 2.30. The Bertz CT molecular complexity index is 1460. The highest BCUT2D eigenvalue weighted by molar-refractivity contribution is 6.01. The van der Waals surface area contributed by atoms with Crippen molar-refractivity contribution in [1.82, 2.24) is 19.0 Å². The molecular weight excluding hydrogens is 442 g/mol. The number of aromatic amines is 1. The van der Waals surface area contributed by atoms with Crippen LogP contribution in [-0.4, -0.2) is 44.4 Å². The van der Waals surface area contributed by atoms with Crippen LogP contribution in [0.4, 0.5) is 5.82 Å². The average Bonchev–Trinajstić information content (AvgIpc) is 3.31. The molecule has 8 nitrogen and oxygen atoms in total. The van der Waals surface area contributed by atoms with Crippen molar-refractivity contribution in [2.75, 3.05) is 25.4 Å². The lowest BCUT2D eigenvalue weighted by Crippen LogP contribution is -2.45. The number of anilines is 1. The number of carbonyl (C=O) groups excluding carboxylic acids is 1. The largest absolute Gasteiger partial charge is 0.384 e. The zero-order valence-electron chi connectivity index (χ0n) is 19.7. The molecule has 1 aliphatic rings. The number of hydrogen-bond acceptors (Lipinski definition) is 5. The topological polar surface area (TPSA) is 106 Å². The molecule has 2 aromatic carbocycles. The molecule has 0 saturated carbocycles. The Balaban J connectivity index is 1.32. The monoisotopic (exact) mass is 471 g/mol. The van der Waals surface area contributed by atoms with Crippen LogP contribution in [0.25, 0.3) is 10.9 Å². The van der Waals surface area contributed by atoms with Crippen molar-refractivity contribution in [3.05, 3.63) is 98.3 Å². The van der Waals surface area contributed by atoms with Gasteiger partial charge in [0, 0.05) is 24.2 Å². The molecule has 0 unspecified atom stereocenters. The van der Waals surface area contributed by atoms with Gasteiger partial charge in [0.25, 0.3) is 5.56 Å². The standard InChI is InChI=1S/C27H29N5O3/c1-30-26(34)24(25(28)32(27(30)35)16-18-7-3-2-4-8-18)23(33)17-31-13-11-19(12-14-31)22-15-20-9-5-6-10-21(20)29-22/h2-10,15,19,29H,11-14,16-17,28H2,1H3. The van der Waals surface area contributed by atoms with E-state index in [0.29, 0.717) is 5.92 Å². The lowest BCUT2D eigenvalue weighted by atomic mass is 9.93. The molecule has 1 fully saturated rings. The zero-order valence-corrected chi connectivity index (χ0v) is 19.7. The molecule has 8 heteroatoms. The summed E-state index contributed by atoms with van der Waals surface area (Å²) in [5.41, 5.74) is 8.18. The Morgan fingerprint density at radius 2 is 1.71 bits per heavy atom. The van der Waals surface area contributed by atoms with Crippen molar-refractivity contribution in [2.24, 2.45) is 7.05 Å². The Kier molecular flexibility index (Phi) is 6.13. The van der Waals surface area contributed by atoms with Crippen LogP contribution in [0.3, 0.4) is 0 Å². The molecular formula is C27H29N5O3. The number of Topliss-reactive ketones (excluding diaryl/α,β-unsaturated/α-hetero) is 1. The van der Waals surface area contributed by atoms with Crippen molar-refractivity contribution in [2.45, 2.75) is 25.3 Å². The fraction of sp³-hybridized carbons (Fsp3) is 0.296. The molecule has 5 rings (SSSR count). The highest BCUT2D eigenvalue weighted by Gasteiger charge is 2.27. The lowest BCUT2D eigenvalue weighted by molar-refractivity contribution is 0.0907. The van der Waals surface area contributed by atoms with E-state index in [-0.39, 0.29) is 30.3 Å². The molecule has 2 aromatic heterocycles. The predicted octanol–water partition coefficient (Wildman–Crippen LogP) is 2.72. The van der Waals surface area contributed by atoms with E-state index in [2.05, 4.69) is 28.1 Å². The zero-order chi connectivity index (χ0) is 24.5. The quantitative estimate of drug-likeness (QED) is 0.421. The molecule has 0 spiro atoms. The van der Waals surface area contributed by atoms with Crippen molar-refractivity contribution >= 4 is 22.5 Å².